The number of carbonyl (C=O) groups excluding carboxylic acids is 1. The van der Waals surface area contributed by atoms with E-state index in [4.69, 9.17) is 18.0 Å². The van der Waals surface area contributed by atoms with E-state index in [2.05, 4.69) is 5.32 Å². The van der Waals surface area contributed by atoms with E-state index in [0.717, 1.165) is 5.56 Å². The Morgan fingerprint density at radius 2 is 1.75 bits per heavy atom. The molecule has 0 radical (unpaired) electrons. The molecule has 0 fully saturated rings. The summed E-state index contributed by atoms with van der Waals surface area (Å²) in [7, 11) is 0. The summed E-state index contributed by atoms with van der Waals surface area (Å²) in [5.74, 6) is -0.139. The van der Waals surface area contributed by atoms with Crippen LogP contribution in [0.3, 0.4) is 0 Å². The molecule has 0 bridgehead atoms. The molecular weight excluding hydrogens is 268 g/mol. The first-order valence-electron chi connectivity index (χ1n) is 6.33. The molecule has 1 unspecified atom stereocenters. The molecule has 1 amide bonds. The van der Waals surface area contributed by atoms with Gasteiger partial charge in [0.05, 0.1) is 6.04 Å². The lowest BCUT2D eigenvalue weighted by Gasteiger charge is -2.14. The second-order valence-electron chi connectivity index (χ2n) is 4.55. The zero-order valence-corrected chi connectivity index (χ0v) is 12.0. The van der Waals surface area contributed by atoms with Gasteiger partial charge in [-0.3, -0.25) is 4.79 Å². The van der Waals surface area contributed by atoms with Gasteiger partial charge in [0.1, 0.15) is 4.99 Å². The lowest BCUT2D eigenvalue weighted by atomic mass is 10.1. The molecule has 20 heavy (non-hydrogen) atoms. The van der Waals surface area contributed by atoms with E-state index < -0.39 is 0 Å². The van der Waals surface area contributed by atoms with Crippen molar-refractivity contribution in [1.29, 1.82) is 0 Å². The molecule has 102 valence electrons. The maximum absolute atomic E-state index is 12.2. The Labute approximate surface area is 123 Å². The predicted octanol–water partition coefficient (Wildman–Crippen LogP) is 2.81. The third-order valence-electron chi connectivity index (χ3n) is 3.06. The predicted molar refractivity (Wildman–Crippen MR) is 84.7 cm³/mol. The van der Waals surface area contributed by atoms with E-state index in [1.54, 1.807) is 24.3 Å². The summed E-state index contributed by atoms with van der Waals surface area (Å²) >= 11 is 4.92. The quantitative estimate of drug-likeness (QED) is 0.849. The van der Waals surface area contributed by atoms with Gasteiger partial charge in [-0.25, -0.2) is 0 Å². The van der Waals surface area contributed by atoms with E-state index in [1.807, 2.05) is 37.3 Å². The summed E-state index contributed by atoms with van der Waals surface area (Å²) in [6.07, 6.45) is 0. The van der Waals surface area contributed by atoms with Crippen molar-refractivity contribution in [1.82, 2.24) is 5.32 Å². The maximum atomic E-state index is 12.2. The lowest BCUT2D eigenvalue weighted by Crippen LogP contribution is -2.26. The first kappa shape index (κ1) is 14.2. The fourth-order valence-corrected chi connectivity index (χ4v) is 2.05. The molecule has 0 aromatic heterocycles. The smallest absolute Gasteiger partial charge is 0.251 e. The second kappa shape index (κ2) is 6.30. The number of carbonyl (C=O) groups is 1. The van der Waals surface area contributed by atoms with Gasteiger partial charge in [-0.2, -0.15) is 0 Å². The number of amides is 1. The van der Waals surface area contributed by atoms with Gasteiger partial charge in [-0.1, -0.05) is 54.7 Å². The van der Waals surface area contributed by atoms with Crippen LogP contribution >= 0.6 is 12.2 Å². The zero-order chi connectivity index (χ0) is 14.5. The summed E-state index contributed by atoms with van der Waals surface area (Å²) in [6, 6.07) is 16.8. The normalized spacial score (nSPS) is 11.7. The van der Waals surface area contributed by atoms with E-state index in [0.29, 0.717) is 11.1 Å². The maximum Gasteiger partial charge on any atom is 0.251 e. The average molecular weight is 284 g/mol. The minimum Gasteiger partial charge on any atom is -0.389 e. The van der Waals surface area contributed by atoms with Gasteiger partial charge in [0.2, 0.25) is 0 Å². The fourth-order valence-electron chi connectivity index (χ4n) is 1.92. The molecular formula is C16H16N2OS. The van der Waals surface area contributed by atoms with Crippen LogP contribution in [-0.2, 0) is 0 Å². The summed E-state index contributed by atoms with van der Waals surface area (Å²) in [4.78, 5) is 12.5. The van der Waals surface area contributed by atoms with Crippen molar-refractivity contribution in [3.8, 4) is 0 Å². The van der Waals surface area contributed by atoms with Crippen LogP contribution in [-0.4, -0.2) is 10.9 Å². The Kier molecular flexibility index (Phi) is 4.48. The van der Waals surface area contributed by atoms with Crippen molar-refractivity contribution >= 4 is 23.1 Å². The molecule has 4 heteroatoms. The van der Waals surface area contributed by atoms with Crippen LogP contribution in [0.1, 0.15) is 34.5 Å². The number of hydrogen-bond donors (Lipinski definition) is 2. The molecule has 3 nitrogen and oxygen atoms in total. The Morgan fingerprint density at radius 3 is 2.40 bits per heavy atom. The Balaban J connectivity index is 2.12. The molecule has 1 atom stereocenters. The molecule has 2 rings (SSSR count). The monoisotopic (exact) mass is 284 g/mol. The van der Waals surface area contributed by atoms with Crippen molar-refractivity contribution in [2.45, 2.75) is 13.0 Å². The third-order valence-corrected chi connectivity index (χ3v) is 3.29. The van der Waals surface area contributed by atoms with E-state index in [9.17, 15) is 4.79 Å². The molecule has 0 aliphatic rings. The number of nitrogens with two attached hydrogens (primary N) is 1. The highest BCUT2D eigenvalue weighted by atomic mass is 32.1. The summed E-state index contributed by atoms with van der Waals surface area (Å²) < 4.78 is 0. The van der Waals surface area contributed by atoms with Crippen molar-refractivity contribution in [3.63, 3.8) is 0 Å². The Bertz CT molecular complexity index is 625. The van der Waals surface area contributed by atoms with Crippen LogP contribution < -0.4 is 11.1 Å². The second-order valence-corrected chi connectivity index (χ2v) is 4.99. The van der Waals surface area contributed by atoms with Crippen LogP contribution in [0.4, 0.5) is 0 Å². The van der Waals surface area contributed by atoms with Gasteiger partial charge >= 0.3 is 0 Å². The summed E-state index contributed by atoms with van der Waals surface area (Å²) in [5.41, 5.74) is 7.88. The van der Waals surface area contributed by atoms with Gasteiger partial charge < -0.3 is 11.1 Å². The van der Waals surface area contributed by atoms with Gasteiger partial charge in [0, 0.05) is 11.1 Å². The van der Waals surface area contributed by atoms with E-state index >= 15 is 0 Å². The molecule has 2 aromatic rings. The number of rotatable bonds is 4. The van der Waals surface area contributed by atoms with Crippen LogP contribution in [0.2, 0.25) is 0 Å². The summed E-state index contributed by atoms with van der Waals surface area (Å²) in [6.45, 7) is 1.95. The third kappa shape index (κ3) is 3.42. The minimum absolute atomic E-state index is 0.0582. The van der Waals surface area contributed by atoms with Crippen LogP contribution in [0.15, 0.2) is 54.6 Å². The van der Waals surface area contributed by atoms with Crippen molar-refractivity contribution in [2.75, 3.05) is 0 Å². The molecule has 0 saturated carbocycles. The Hall–Kier alpha value is -2.20. The average Bonchev–Trinajstić information content (AvgIpc) is 2.48. The standard InChI is InChI=1S/C16H16N2OS/c1-11(12-6-3-2-4-7-12)18-16(19)14-9-5-8-13(10-14)15(17)20/h2-11H,1H3,(H2,17,20)(H,18,19). The summed E-state index contributed by atoms with van der Waals surface area (Å²) in [5, 5.41) is 2.96. The number of nitrogens with one attached hydrogen (secondary N) is 1. The first-order chi connectivity index (χ1) is 9.58. The van der Waals surface area contributed by atoms with Gasteiger partial charge in [0.25, 0.3) is 5.91 Å². The molecule has 0 heterocycles. The van der Waals surface area contributed by atoms with Crippen molar-refractivity contribution in [3.05, 3.63) is 71.3 Å². The van der Waals surface area contributed by atoms with Crippen molar-refractivity contribution < 1.29 is 4.79 Å². The highest BCUT2D eigenvalue weighted by Crippen LogP contribution is 2.13. The SMILES string of the molecule is CC(NC(=O)c1cccc(C(N)=S)c1)c1ccccc1. The van der Waals surface area contributed by atoms with Crippen molar-refractivity contribution in [2.24, 2.45) is 5.73 Å². The minimum atomic E-state index is -0.139. The highest BCUT2D eigenvalue weighted by Gasteiger charge is 2.11. The molecule has 2 aromatic carbocycles. The van der Waals surface area contributed by atoms with Crippen LogP contribution in [0.5, 0.6) is 0 Å². The van der Waals surface area contributed by atoms with Crippen LogP contribution in [0, 0.1) is 0 Å². The van der Waals surface area contributed by atoms with Gasteiger partial charge in [-0.05, 0) is 24.6 Å². The molecule has 0 aliphatic carbocycles. The number of hydrogen-bond acceptors (Lipinski definition) is 2. The molecule has 0 aliphatic heterocycles. The van der Waals surface area contributed by atoms with Gasteiger partial charge in [0.15, 0.2) is 0 Å². The largest absolute Gasteiger partial charge is 0.389 e. The molecule has 3 N–H and O–H groups in total. The Morgan fingerprint density at radius 1 is 1.10 bits per heavy atom. The molecule has 0 spiro atoms. The first-order valence-corrected chi connectivity index (χ1v) is 6.74. The topological polar surface area (TPSA) is 55.1 Å². The van der Waals surface area contributed by atoms with E-state index in [-0.39, 0.29) is 16.9 Å². The zero-order valence-electron chi connectivity index (χ0n) is 11.2. The number of thiocarbonyl (C=S) groups is 1. The van der Waals surface area contributed by atoms with Crippen LogP contribution in [0.25, 0.3) is 0 Å². The van der Waals surface area contributed by atoms with E-state index in [1.165, 1.54) is 0 Å². The number of benzene rings is 2. The fraction of sp³-hybridized carbons (Fsp3) is 0.125. The van der Waals surface area contributed by atoms with Gasteiger partial charge in [-0.15, -0.1) is 0 Å². The molecule has 0 saturated heterocycles. The lowest BCUT2D eigenvalue weighted by molar-refractivity contribution is 0.0940. The highest BCUT2D eigenvalue weighted by molar-refractivity contribution is 7.80.